The molecule has 0 radical (unpaired) electrons. The Kier molecular flexibility index (Phi) is 4.86. The molecule has 3 aromatic rings. The topological polar surface area (TPSA) is 67.2 Å². The highest BCUT2D eigenvalue weighted by Crippen LogP contribution is 2.25. The fourth-order valence-corrected chi connectivity index (χ4v) is 3.89. The van der Waals surface area contributed by atoms with Crippen molar-refractivity contribution in [1.29, 1.82) is 0 Å². The molecule has 1 aromatic carbocycles. The maximum Gasteiger partial charge on any atom is 0.256 e. The average molecular weight is 376 g/mol. The lowest BCUT2D eigenvalue weighted by Crippen LogP contribution is -2.43. The number of hydrogen-bond acceptors (Lipinski definition) is 3. The molecule has 2 amide bonds. The summed E-state index contributed by atoms with van der Waals surface area (Å²) in [5.41, 5.74) is 2.65. The highest BCUT2D eigenvalue weighted by Gasteiger charge is 2.30. The first-order valence-corrected chi connectivity index (χ1v) is 9.60. The van der Waals surface area contributed by atoms with E-state index in [1.165, 1.54) is 0 Å². The van der Waals surface area contributed by atoms with Gasteiger partial charge in [0.1, 0.15) is 5.82 Å². The van der Waals surface area contributed by atoms with Crippen LogP contribution in [0.3, 0.4) is 0 Å². The molecule has 0 unspecified atom stereocenters. The number of benzene rings is 1. The third-order valence-electron chi connectivity index (χ3n) is 5.46. The molecule has 28 heavy (non-hydrogen) atoms. The van der Waals surface area contributed by atoms with Gasteiger partial charge in [0, 0.05) is 43.4 Å². The summed E-state index contributed by atoms with van der Waals surface area (Å²) in [4.78, 5) is 32.0. The molecule has 0 saturated carbocycles. The van der Waals surface area contributed by atoms with E-state index >= 15 is 0 Å². The Bertz CT molecular complexity index is 1040. The quantitative estimate of drug-likeness (QED) is 0.762. The normalized spacial score (nSPS) is 16.9. The minimum atomic E-state index is -0.228. The van der Waals surface area contributed by atoms with Crippen molar-refractivity contribution in [3.05, 3.63) is 59.9 Å². The highest BCUT2D eigenvalue weighted by molar-refractivity contribution is 6.07. The number of nitrogens with one attached hydrogen (secondary N) is 1. The lowest BCUT2D eigenvalue weighted by Gasteiger charge is -2.32. The van der Waals surface area contributed by atoms with E-state index < -0.39 is 0 Å². The Balaban J connectivity index is 1.51. The average Bonchev–Trinajstić information content (AvgIpc) is 3.06. The van der Waals surface area contributed by atoms with Crippen molar-refractivity contribution in [3.8, 4) is 0 Å². The van der Waals surface area contributed by atoms with Crippen LogP contribution in [0, 0.1) is 12.8 Å². The molecule has 4 rings (SSSR count). The van der Waals surface area contributed by atoms with Crippen LogP contribution in [-0.4, -0.2) is 39.4 Å². The van der Waals surface area contributed by atoms with Crippen molar-refractivity contribution in [2.75, 3.05) is 18.4 Å². The van der Waals surface area contributed by atoms with E-state index in [9.17, 15) is 9.59 Å². The van der Waals surface area contributed by atoms with Crippen LogP contribution in [0.2, 0.25) is 0 Å². The van der Waals surface area contributed by atoms with Crippen molar-refractivity contribution >= 4 is 28.5 Å². The van der Waals surface area contributed by atoms with E-state index in [0.717, 1.165) is 29.3 Å². The van der Waals surface area contributed by atoms with Crippen LogP contribution < -0.4 is 5.32 Å². The summed E-state index contributed by atoms with van der Waals surface area (Å²) in [6.07, 6.45) is 5.14. The Morgan fingerprint density at radius 3 is 2.82 bits per heavy atom. The Hall–Kier alpha value is -3.15. The Labute approximate surface area is 164 Å². The van der Waals surface area contributed by atoms with E-state index in [-0.39, 0.29) is 17.7 Å². The molecule has 3 heterocycles. The smallest absolute Gasteiger partial charge is 0.256 e. The minimum Gasteiger partial charge on any atom is -0.350 e. The van der Waals surface area contributed by atoms with Crippen LogP contribution in [0.1, 0.15) is 28.8 Å². The van der Waals surface area contributed by atoms with Gasteiger partial charge in [0.25, 0.3) is 5.91 Å². The number of aryl methyl sites for hydroxylation is 2. The van der Waals surface area contributed by atoms with Crippen LogP contribution in [0.15, 0.2) is 48.8 Å². The molecule has 1 aliphatic heterocycles. The van der Waals surface area contributed by atoms with Crippen molar-refractivity contribution < 1.29 is 9.59 Å². The fraction of sp³-hybridized carbons (Fsp3) is 0.318. The number of fused-ring (bicyclic) bond motifs is 1. The molecule has 6 nitrogen and oxygen atoms in total. The summed E-state index contributed by atoms with van der Waals surface area (Å²) in [5.74, 6) is 0.277. The summed E-state index contributed by atoms with van der Waals surface area (Å²) < 4.78 is 1.97. The maximum absolute atomic E-state index is 13.2. The minimum absolute atomic E-state index is 0.0108. The number of pyridine rings is 1. The van der Waals surface area contributed by atoms with E-state index in [1.54, 1.807) is 11.1 Å². The SMILES string of the molecule is Cc1cccnc1NC(=O)[C@@H]1CCCN(C(=O)c2cn(C)c3ccccc23)C1. The summed E-state index contributed by atoms with van der Waals surface area (Å²) in [6, 6.07) is 11.7. The predicted octanol–water partition coefficient (Wildman–Crippen LogP) is 3.37. The monoisotopic (exact) mass is 376 g/mol. The van der Waals surface area contributed by atoms with Crippen molar-refractivity contribution in [2.45, 2.75) is 19.8 Å². The molecule has 1 fully saturated rings. The first-order chi connectivity index (χ1) is 13.5. The highest BCUT2D eigenvalue weighted by atomic mass is 16.2. The lowest BCUT2D eigenvalue weighted by molar-refractivity contribution is -0.121. The first kappa shape index (κ1) is 18.2. The number of para-hydroxylation sites is 1. The number of amides is 2. The fourth-order valence-electron chi connectivity index (χ4n) is 3.89. The van der Waals surface area contributed by atoms with Crippen molar-refractivity contribution in [3.63, 3.8) is 0 Å². The van der Waals surface area contributed by atoms with Gasteiger partial charge in [0.05, 0.1) is 11.5 Å². The molecule has 0 spiro atoms. The van der Waals surface area contributed by atoms with Gasteiger partial charge in [-0.25, -0.2) is 4.98 Å². The van der Waals surface area contributed by atoms with Crippen LogP contribution in [0.4, 0.5) is 5.82 Å². The Morgan fingerprint density at radius 1 is 1.18 bits per heavy atom. The zero-order valence-corrected chi connectivity index (χ0v) is 16.2. The Morgan fingerprint density at radius 2 is 2.00 bits per heavy atom. The number of piperidine rings is 1. The number of hydrogen-bond donors (Lipinski definition) is 1. The van der Waals surface area contributed by atoms with Gasteiger partial charge in [-0.05, 0) is 37.5 Å². The molecule has 0 aliphatic carbocycles. The van der Waals surface area contributed by atoms with Gasteiger partial charge in [0.2, 0.25) is 5.91 Å². The molecule has 1 atom stereocenters. The zero-order chi connectivity index (χ0) is 19.7. The van der Waals surface area contributed by atoms with E-state index in [1.807, 2.05) is 61.1 Å². The molecule has 1 saturated heterocycles. The summed E-state index contributed by atoms with van der Waals surface area (Å²) in [6.45, 7) is 3.02. The standard InChI is InChI=1S/C22H24N4O2/c1-15-7-5-11-23-20(15)24-21(27)16-8-6-12-26(13-16)22(28)18-14-25(2)19-10-4-3-9-17(18)19/h3-5,7,9-11,14,16H,6,8,12-13H2,1-2H3,(H,23,24,27)/t16-/m1/s1. The second kappa shape index (κ2) is 7.46. The second-order valence-corrected chi connectivity index (χ2v) is 7.42. The van der Waals surface area contributed by atoms with E-state index in [4.69, 9.17) is 0 Å². The van der Waals surface area contributed by atoms with E-state index in [2.05, 4.69) is 10.3 Å². The van der Waals surface area contributed by atoms with Crippen LogP contribution >= 0.6 is 0 Å². The molecule has 1 N–H and O–H groups in total. The van der Waals surface area contributed by atoms with Gasteiger partial charge in [-0.2, -0.15) is 0 Å². The third kappa shape index (κ3) is 3.38. The van der Waals surface area contributed by atoms with Gasteiger partial charge in [0.15, 0.2) is 0 Å². The summed E-state index contributed by atoms with van der Waals surface area (Å²) >= 11 is 0. The molecule has 2 aromatic heterocycles. The van der Waals surface area contributed by atoms with Gasteiger partial charge in [-0.1, -0.05) is 24.3 Å². The first-order valence-electron chi connectivity index (χ1n) is 9.60. The number of carbonyl (C=O) groups excluding carboxylic acids is 2. The van der Waals surface area contributed by atoms with Crippen molar-refractivity contribution in [2.24, 2.45) is 13.0 Å². The molecule has 6 heteroatoms. The number of carbonyl (C=O) groups is 2. The number of aromatic nitrogens is 2. The van der Waals surface area contributed by atoms with Gasteiger partial charge in [-0.3, -0.25) is 9.59 Å². The molecule has 144 valence electrons. The number of likely N-dealkylation sites (tertiary alicyclic amines) is 1. The van der Waals surface area contributed by atoms with Crippen LogP contribution in [-0.2, 0) is 11.8 Å². The van der Waals surface area contributed by atoms with Gasteiger partial charge >= 0.3 is 0 Å². The number of anilines is 1. The maximum atomic E-state index is 13.2. The lowest BCUT2D eigenvalue weighted by atomic mass is 9.96. The van der Waals surface area contributed by atoms with Crippen LogP contribution in [0.5, 0.6) is 0 Å². The zero-order valence-electron chi connectivity index (χ0n) is 16.2. The van der Waals surface area contributed by atoms with E-state index in [0.29, 0.717) is 24.5 Å². The summed E-state index contributed by atoms with van der Waals surface area (Å²) in [5, 5.41) is 3.87. The summed E-state index contributed by atoms with van der Waals surface area (Å²) in [7, 11) is 1.95. The van der Waals surface area contributed by atoms with Crippen LogP contribution in [0.25, 0.3) is 10.9 Å². The molecular formula is C22H24N4O2. The van der Waals surface area contributed by atoms with Gasteiger partial charge in [-0.15, -0.1) is 0 Å². The number of nitrogens with zero attached hydrogens (tertiary/aromatic N) is 3. The predicted molar refractivity (Wildman–Crippen MR) is 109 cm³/mol. The third-order valence-corrected chi connectivity index (χ3v) is 5.46. The van der Waals surface area contributed by atoms with Gasteiger partial charge < -0.3 is 14.8 Å². The molecule has 1 aliphatic rings. The second-order valence-electron chi connectivity index (χ2n) is 7.42. The molecular weight excluding hydrogens is 352 g/mol. The van der Waals surface area contributed by atoms with Crippen molar-refractivity contribution in [1.82, 2.24) is 14.5 Å². The molecule has 0 bridgehead atoms. The largest absolute Gasteiger partial charge is 0.350 e. The number of rotatable bonds is 3.